The Morgan fingerprint density at radius 1 is 1.23 bits per heavy atom. The fourth-order valence-corrected chi connectivity index (χ4v) is 4.40. The molecule has 8 heteroatoms. The zero-order valence-electron chi connectivity index (χ0n) is 17.3. The van der Waals surface area contributed by atoms with Gasteiger partial charge in [0, 0.05) is 17.5 Å². The Kier molecular flexibility index (Phi) is 4.21. The second-order valence-corrected chi connectivity index (χ2v) is 8.69. The van der Waals surface area contributed by atoms with E-state index in [2.05, 4.69) is 26.8 Å². The average Bonchev–Trinajstić information content (AvgIpc) is 3.12. The number of nitrogens with one attached hydrogen (secondary N) is 3. The van der Waals surface area contributed by atoms with Gasteiger partial charge < -0.3 is 15.2 Å². The van der Waals surface area contributed by atoms with Gasteiger partial charge in [-0.05, 0) is 56.4 Å². The van der Waals surface area contributed by atoms with E-state index in [0.29, 0.717) is 28.8 Å². The summed E-state index contributed by atoms with van der Waals surface area (Å²) in [6, 6.07) is 9.78. The van der Waals surface area contributed by atoms with Gasteiger partial charge in [0.2, 0.25) is 5.62 Å². The lowest BCUT2D eigenvalue weighted by atomic mass is 9.70. The van der Waals surface area contributed by atoms with Gasteiger partial charge in [0.25, 0.3) is 0 Å². The van der Waals surface area contributed by atoms with Crippen LogP contribution in [-0.4, -0.2) is 33.0 Å². The van der Waals surface area contributed by atoms with Gasteiger partial charge in [0.05, 0.1) is 12.8 Å². The van der Waals surface area contributed by atoms with Gasteiger partial charge in [-0.3, -0.25) is 15.8 Å². The molecule has 1 unspecified atom stereocenters. The maximum absolute atomic E-state index is 10.1. The first-order valence-electron chi connectivity index (χ1n) is 10.2. The molecule has 5 rings (SSSR count). The number of hydrogen-bond acceptors (Lipinski definition) is 7. The molecule has 0 amide bonds. The van der Waals surface area contributed by atoms with Gasteiger partial charge in [-0.15, -0.1) is 0 Å². The van der Waals surface area contributed by atoms with E-state index in [1.807, 2.05) is 30.5 Å². The summed E-state index contributed by atoms with van der Waals surface area (Å²) in [5.41, 5.74) is 5.22. The molecule has 0 bridgehead atoms. The SMILES string of the molecule is COc1cccc2c3n(c(=N)nc12)NC(C1CC(c2ccc(C(C)(C)O)nc2)C1)N3. The summed E-state index contributed by atoms with van der Waals surface area (Å²) < 4.78 is 7.14. The molecule has 1 aliphatic carbocycles. The predicted molar refractivity (Wildman–Crippen MR) is 114 cm³/mol. The zero-order chi connectivity index (χ0) is 21.0. The smallest absolute Gasteiger partial charge is 0.243 e. The van der Waals surface area contributed by atoms with Crippen LogP contribution in [0.3, 0.4) is 0 Å². The molecular weight excluding hydrogens is 380 g/mol. The summed E-state index contributed by atoms with van der Waals surface area (Å²) in [5, 5.41) is 22.9. The first-order chi connectivity index (χ1) is 14.3. The van der Waals surface area contributed by atoms with Crippen LogP contribution in [-0.2, 0) is 5.60 Å². The first-order valence-corrected chi connectivity index (χ1v) is 10.2. The van der Waals surface area contributed by atoms with Crippen LogP contribution in [0.4, 0.5) is 5.82 Å². The van der Waals surface area contributed by atoms with E-state index in [1.54, 1.807) is 25.6 Å². The normalized spacial score (nSPS) is 22.7. The second kappa shape index (κ2) is 6.70. The van der Waals surface area contributed by atoms with Crippen molar-refractivity contribution in [2.75, 3.05) is 17.9 Å². The molecular formula is C22H26N6O2. The van der Waals surface area contributed by atoms with Gasteiger partial charge in [0.1, 0.15) is 28.9 Å². The van der Waals surface area contributed by atoms with E-state index in [0.717, 1.165) is 24.0 Å². The summed E-state index contributed by atoms with van der Waals surface area (Å²) in [4.78, 5) is 8.86. The summed E-state index contributed by atoms with van der Waals surface area (Å²) in [6.07, 6.45) is 4.00. The van der Waals surface area contributed by atoms with Gasteiger partial charge in [0.15, 0.2) is 0 Å². The van der Waals surface area contributed by atoms with Crippen LogP contribution in [0, 0.1) is 11.3 Å². The fraction of sp³-hybridized carbons (Fsp3) is 0.409. The molecule has 1 fully saturated rings. The monoisotopic (exact) mass is 406 g/mol. The second-order valence-electron chi connectivity index (χ2n) is 8.69. The third-order valence-corrected chi connectivity index (χ3v) is 6.22. The Morgan fingerprint density at radius 2 is 2.03 bits per heavy atom. The largest absolute Gasteiger partial charge is 0.494 e. The van der Waals surface area contributed by atoms with Crippen molar-refractivity contribution in [2.45, 2.75) is 44.4 Å². The topological polar surface area (TPSA) is 108 Å². The number of nitrogens with zero attached hydrogens (tertiary/aromatic N) is 3. The minimum absolute atomic E-state index is 0.0487. The van der Waals surface area contributed by atoms with Crippen molar-refractivity contribution in [1.82, 2.24) is 14.6 Å². The Morgan fingerprint density at radius 3 is 2.70 bits per heavy atom. The lowest BCUT2D eigenvalue weighted by Gasteiger charge is -2.39. The number of para-hydroxylation sites is 1. The number of ether oxygens (including phenoxy) is 1. The number of pyridine rings is 1. The fourth-order valence-electron chi connectivity index (χ4n) is 4.40. The lowest BCUT2D eigenvalue weighted by molar-refractivity contribution is 0.0737. The Balaban J connectivity index is 1.32. The molecule has 8 nitrogen and oxygen atoms in total. The standard InChI is InChI=1S/C22H26N6O2/c1-22(2,29)17-8-7-12(11-24-17)13-9-14(10-13)19-26-20-15-5-4-6-16(30-3)18(15)25-21(23)28(20)27-19/h4-8,11,13-14,19,23,26-27,29H,9-10H2,1-3H3. The molecule has 2 aliphatic rings. The molecule has 4 N–H and O–H groups in total. The number of hydrogen-bond donors (Lipinski definition) is 4. The third kappa shape index (κ3) is 2.99. The summed E-state index contributed by atoms with van der Waals surface area (Å²) in [6.45, 7) is 3.49. The minimum atomic E-state index is -0.922. The number of rotatable bonds is 4. The molecule has 0 saturated heterocycles. The van der Waals surface area contributed by atoms with Crippen molar-refractivity contribution in [3.63, 3.8) is 0 Å². The van der Waals surface area contributed by atoms with Gasteiger partial charge in [-0.2, -0.15) is 0 Å². The van der Waals surface area contributed by atoms with Crippen LogP contribution in [0.5, 0.6) is 5.75 Å². The predicted octanol–water partition coefficient (Wildman–Crippen LogP) is 2.64. The van der Waals surface area contributed by atoms with Crippen molar-refractivity contribution >= 4 is 16.7 Å². The summed E-state index contributed by atoms with van der Waals surface area (Å²) in [7, 11) is 1.62. The molecule has 1 saturated carbocycles. The number of aliphatic hydroxyl groups is 1. The Hall–Kier alpha value is -3.13. The van der Waals surface area contributed by atoms with E-state index in [9.17, 15) is 5.11 Å². The van der Waals surface area contributed by atoms with Crippen molar-refractivity contribution in [3.8, 4) is 5.75 Å². The van der Waals surface area contributed by atoms with Crippen LogP contribution in [0.25, 0.3) is 10.9 Å². The molecule has 1 atom stereocenters. The highest BCUT2D eigenvalue weighted by Crippen LogP contribution is 2.45. The van der Waals surface area contributed by atoms with Crippen LogP contribution < -0.4 is 21.1 Å². The van der Waals surface area contributed by atoms with Crippen LogP contribution in [0.2, 0.25) is 0 Å². The van der Waals surface area contributed by atoms with Gasteiger partial charge in [-0.25, -0.2) is 9.66 Å². The van der Waals surface area contributed by atoms with E-state index < -0.39 is 5.60 Å². The Labute approximate surface area is 174 Å². The quantitative estimate of drug-likeness (QED) is 0.531. The number of fused-ring (bicyclic) bond motifs is 3. The number of methoxy groups -OCH3 is 1. The highest BCUT2D eigenvalue weighted by Gasteiger charge is 2.39. The Bertz CT molecular complexity index is 1160. The zero-order valence-corrected chi connectivity index (χ0v) is 17.3. The highest BCUT2D eigenvalue weighted by molar-refractivity contribution is 5.93. The molecule has 3 heterocycles. The third-order valence-electron chi connectivity index (χ3n) is 6.22. The van der Waals surface area contributed by atoms with E-state index >= 15 is 0 Å². The summed E-state index contributed by atoms with van der Waals surface area (Å²) in [5.74, 6) is 2.42. The van der Waals surface area contributed by atoms with Crippen molar-refractivity contribution in [2.24, 2.45) is 5.92 Å². The number of benzene rings is 1. The van der Waals surface area contributed by atoms with Gasteiger partial charge in [-0.1, -0.05) is 12.1 Å². The van der Waals surface area contributed by atoms with E-state index in [4.69, 9.17) is 10.1 Å². The molecule has 0 radical (unpaired) electrons. The van der Waals surface area contributed by atoms with Crippen LogP contribution in [0.15, 0.2) is 36.5 Å². The van der Waals surface area contributed by atoms with E-state index in [1.165, 1.54) is 5.56 Å². The highest BCUT2D eigenvalue weighted by atomic mass is 16.5. The molecule has 0 spiro atoms. The maximum Gasteiger partial charge on any atom is 0.243 e. The first kappa shape index (κ1) is 18.9. The van der Waals surface area contributed by atoms with Crippen molar-refractivity contribution in [1.29, 1.82) is 5.41 Å². The molecule has 3 aromatic rings. The molecule has 156 valence electrons. The number of aromatic nitrogens is 3. The maximum atomic E-state index is 10.1. The summed E-state index contributed by atoms with van der Waals surface area (Å²) >= 11 is 0. The minimum Gasteiger partial charge on any atom is -0.494 e. The van der Waals surface area contributed by atoms with Crippen molar-refractivity contribution in [3.05, 3.63) is 53.4 Å². The molecule has 1 aromatic carbocycles. The van der Waals surface area contributed by atoms with E-state index in [-0.39, 0.29) is 11.8 Å². The van der Waals surface area contributed by atoms with Gasteiger partial charge >= 0.3 is 0 Å². The average molecular weight is 406 g/mol. The van der Waals surface area contributed by atoms with Crippen LogP contribution in [0.1, 0.15) is 43.9 Å². The number of anilines is 1. The molecule has 2 aromatic heterocycles. The van der Waals surface area contributed by atoms with Crippen LogP contribution >= 0.6 is 0 Å². The molecule has 1 aliphatic heterocycles. The lowest BCUT2D eigenvalue weighted by Crippen LogP contribution is -2.42. The van der Waals surface area contributed by atoms with Crippen molar-refractivity contribution < 1.29 is 9.84 Å². The molecule has 30 heavy (non-hydrogen) atoms.